The third kappa shape index (κ3) is 1.68. The van der Waals surface area contributed by atoms with Crippen LogP contribution >= 0.6 is 0 Å². The van der Waals surface area contributed by atoms with Crippen molar-refractivity contribution in [2.24, 2.45) is 0 Å². The second kappa shape index (κ2) is 4.67. The molecule has 2 N–H and O–H groups in total. The Labute approximate surface area is 136 Å². The van der Waals surface area contributed by atoms with Gasteiger partial charge in [-0.2, -0.15) is 0 Å². The van der Waals surface area contributed by atoms with Crippen LogP contribution in [0.4, 0.5) is 0 Å². The number of aromatic hydroxyl groups is 2. The molecule has 6 nitrogen and oxygen atoms in total. The molecule has 0 saturated heterocycles. The Morgan fingerprint density at radius 1 is 0.833 bits per heavy atom. The lowest BCUT2D eigenvalue weighted by Gasteiger charge is -2.22. The first-order valence-electron chi connectivity index (χ1n) is 7.36. The fourth-order valence-electron chi connectivity index (χ4n) is 3.46. The minimum absolute atomic E-state index is 0.0307. The van der Waals surface area contributed by atoms with E-state index in [4.69, 9.17) is 4.74 Å². The molecule has 0 bridgehead atoms. The van der Waals surface area contributed by atoms with Gasteiger partial charge in [-0.15, -0.1) is 0 Å². The maximum Gasteiger partial charge on any atom is 0.201 e. The molecule has 2 aromatic rings. The summed E-state index contributed by atoms with van der Waals surface area (Å²) >= 11 is 0. The molecule has 0 atom stereocenters. The average Bonchev–Trinajstić information content (AvgIpc) is 2.91. The first kappa shape index (κ1) is 14.4. The fourth-order valence-corrected chi connectivity index (χ4v) is 3.46. The number of Topliss-reactive ketones (excluding diaryl/α,β-unsaturated/α-hetero) is 1. The highest BCUT2D eigenvalue weighted by Gasteiger charge is 2.40. The van der Waals surface area contributed by atoms with Crippen LogP contribution < -0.4 is 4.74 Å². The summed E-state index contributed by atoms with van der Waals surface area (Å²) < 4.78 is 5.03. The van der Waals surface area contributed by atoms with Gasteiger partial charge in [0, 0.05) is 29.2 Å². The topological polar surface area (TPSA) is 101 Å². The SMILES string of the molecule is COc1cc(O)c2c(c1)C(=O)c1c(c(O)cc3c1C(=O)CC3)C2=O. The quantitative estimate of drug-likeness (QED) is 0.710. The number of fused-ring (bicyclic) bond motifs is 4. The van der Waals surface area contributed by atoms with E-state index >= 15 is 0 Å². The van der Waals surface area contributed by atoms with Gasteiger partial charge in [-0.3, -0.25) is 14.4 Å². The molecule has 24 heavy (non-hydrogen) atoms. The average molecular weight is 324 g/mol. The number of phenols is 2. The predicted molar refractivity (Wildman–Crippen MR) is 82.3 cm³/mol. The molecular formula is C18H12O6. The normalized spacial score (nSPS) is 15.1. The molecule has 120 valence electrons. The Morgan fingerprint density at radius 2 is 1.54 bits per heavy atom. The Hall–Kier alpha value is -3.15. The van der Waals surface area contributed by atoms with Crippen LogP contribution in [0.2, 0.25) is 0 Å². The Bertz CT molecular complexity index is 970. The summed E-state index contributed by atoms with van der Waals surface area (Å²) in [6.45, 7) is 0. The van der Waals surface area contributed by atoms with Crippen LogP contribution in [0.5, 0.6) is 17.2 Å². The molecular weight excluding hydrogens is 312 g/mol. The third-order valence-corrected chi connectivity index (χ3v) is 4.54. The van der Waals surface area contributed by atoms with Crippen molar-refractivity contribution in [1.82, 2.24) is 0 Å². The van der Waals surface area contributed by atoms with Gasteiger partial charge in [0.15, 0.2) is 11.6 Å². The highest BCUT2D eigenvalue weighted by Crippen LogP contribution is 2.42. The second-order valence-electron chi connectivity index (χ2n) is 5.83. The lowest BCUT2D eigenvalue weighted by atomic mass is 9.79. The molecule has 0 unspecified atom stereocenters. The van der Waals surface area contributed by atoms with Crippen molar-refractivity contribution >= 4 is 17.3 Å². The summed E-state index contributed by atoms with van der Waals surface area (Å²) in [5.41, 5.74) is 0.257. The summed E-state index contributed by atoms with van der Waals surface area (Å²) in [5, 5.41) is 20.3. The molecule has 2 aliphatic rings. The minimum atomic E-state index is -0.681. The molecule has 0 aliphatic heterocycles. The molecule has 0 spiro atoms. The van der Waals surface area contributed by atoms with Crippen molar-refractivity contribution < 1.29 is 29.3 Å². The van der Waals surface area contributed by atoms with Gasteiger partial charge in [0.05, 0.1) is 18.2 Å². The van der Waals surface area contributed by atoms with Gasteiger partial charge in [-0.05, 0) is 24.1 Å². The maximum absolute atomic E-state index is 12.9. The van der Waals surface area contributed by atoms with E-state index in [0.717, 1.165) is 0 Å². The van der Waals surface area contributed by atoms with Gasteiger partial charge in [-0.1, -0.05) is 0 Å². The number of ether oxygens (including phenoxy) is 1. The van der Waals surface area contributed by atoms with Crippen LogP contribution in [0, 0.1) is 0 Å². The predicted octanol–water partition coefficient (Wildman–Crippen LogP) is 2.01. The number of hydrogen-bond donors (Lipinski definition) is 2. The zero-order valence-corrected chi connectivity index (χ0v) is 12.7. The van der Waals surface area contributed by atoms with E-state index in [-0.39, 0.29) is 51.5 Å². The number of aryl methyl sites for hydroxylation is 1. The van der Waals surface area contributed by atoms with Gasteiger partial charge in [0.1, 0.15) is 17.2 Å². The molecule has 0 saturated carbocycles. The summed E-state index contributed by atoms with van der Waals surface area (Å²) in [6.07, 6.45) is 0.662. The summed E-state index contributed by atoms with van der Waals surface area (Å²) in [7, 11) is 1.37. The number of ketones is 3. The van der Waals surface area contributed by atoms with Gasteiger partial charge < -0.3 is 14.9 Å². The molecule has 2 aliphatic carbocycles. The van der Waals surface area contributed by atoms with Crippen molar-refractivity contribution in [1.29, 1.82) is 0 Å². The standard InChI is InChI=1S/C18H12O6/c1-24-8-5-9-14(12(21)6-8)18(23)15-11(20)4-7-2-3-10(19)13(7)16(15)17(9)22/h4-6,20-21H,2-3H2,1H3. The van der Waals surface area contributed by atoms with Crippen LogP contribution in [0.15, 0.2) is 18.2 Å². The summed E-state index contributed by atoms with van der Waals surface area (Å²) in [5.74, 6) is -2.01. The van der Waals surface area contributed by atoms with Gasteiger partial charge in [0.25, 0.3) is 0 Å². The highest BCUT2D eigenvalue weighted by atomic mass is 16.5. The number of carbonyl (C=O) groups excluding carboxylic acids is 3. The van der Waals surface area contributed by atoms with Crippen LogP contribution in [-0.2, 0) is 6.42 Å². The maximum atomic E-state index is 12.9. The van der Waals surface area contributed by atoms with Crippen molar-refractivity contribution in [2.75, 3.05) is 7.11 Å². The number of methoxy groups -OCH3 is 1. The number of benzene rings is 2. The Kier molecular flexibility index (Phi) is 2.81. The first-order valence-corrected chi connectivity index (χ1v) is 7.36. The molecule has 6 heteroatoms. The molecule has 0 amide bonds. The minimum Gasteiger partial charge on any atom is -0.507 e. The van der Waals surface area contributed by atoms with Crippen LogP contribution in [0.25, 0.3) is 0 Å². The van der Waals surface area contributed by atoms with Crippen LogP contribution in [0.3, 0.4) is 0 Å². The first-order chi connectivity index (χ1) is 11.4. The zero-order chi connectivity index (χ0) is 17.2. The van der Waals surface area contributed by atoms with E-state index in [1.807, 2.05) is 0 Å². The Morgan fingerprint density at radius 3 is 2.25 bits per heavy atom. The van der Waals surface area contributed by atoms with Crippen LogP contribution in [-0.4, -0.2) is 34.7 Å². The zero-order valence-electron chi connectivity index (χ0n) is 12.7. The third-order valence-electron chi connectivity index (χ3n) is 4.54. The van der Waals surface area contributed by atoms with E-state index in [1.165, 1.54) is 25.3 Å². The molecule has 4 rings (SSSR count). The van der Waals surface area contributed by atoms with Gasteiger partial charge >= 0.3 is 0 Å². The number of carbonyl (C=O) groups is 3. The van der Waals surface area contributed by atoms with E-state index in [1.54, 1.807) is 0 Å². The van der Waals surface area contributed by atoms with Gasteiger partial charge in [0.2, 0.25) is 5.78 Å². The number of phenolic OH excluding ortho intramolecular Hbond substituents is 2. The second-order valence-corrected chi connectivity index (χ2v) is 5.83. The Balaban J connectivity index is 2.09. The van der Waals surface area contributed by atoms with Crippen molar-refractivity contribution in [3.63, 3.8) is 0 Å². The lowest BCUT2D eigenvalue weighted by Crippen LogP contribution is -2.24. The molecule has 2 aromatic carbocycles. The number of rotatable bonds is 1. The lowest BCUT2D eigenvalue weighted by molar-refractivity contribution is 0.0960. The van der Waals surface area contributed by atoms with Crippen LogP contribution in [0.1, 0.15) is 54.2 Å². The van der Waals surface area contributed by atoms with E-state index in [0.29, 0.717) is 12.0 Å². The van der Waals surface area contributed by atoms with Gasteiger partial charge in [-0.25, -0.2) is 0 Å². The largest absolute Gasteiger partial charge is 0.507 e. The number of hydrogen-bond acceptors (Lipinski definition) is 6. The van der Waals surface area contributed by atoms with Crippen molar-refractivity contribution in [3.05, 3.63) is 51.6 Å². The summed E-state index contributed by atoms with van der Waals surface area (Å²) in [6, 6.07) is 3.94. The van der Waals surface area contributed by atoms with E-state index in [9.17, 15) is 24.6 Å². The monoisotopic (exact) mass is 324 g/mol. The van der Waals surface area contributed by atoms with E-state index in [2.05, 4.69) is 0 Å². The van der Waals surface area contributed by atoms with E-state index < -0.39 is 17.3 Å². The fraction of sp³-hybridized carbons (Fsp3) is 0.167. The van der Waals surface area contributed by atoms with Crippen molar-refractivity contribution in [3.8, 4) is 17.2 Å². The molecule has 0 fully saturated rings. The van der Waals surface area contributed by atoms with Crippen molar-refractivity contribution in [2.45, 2.75) is 12.8 Å². The molecule has 0 aromatic heterocycles. The highest BCUT2D eigenvalue weighted by molar-refractivity contribution is 6.33. The molecule has 0 heterocycles. The summed E-state index contributed by atoms with van der Waals surface area (Å²) in [4.78, 5) is 37.9. The molecule has 0 radical (unpaired) electrons. The smallest absolute Gasteiger partial charge is 0.201 e.